The van der Waals surface area contributed by atoms with E-state index < -0.39 is 0 Å². The van der Waals surface area contributed by atoms with Crippen LogP contribution in [-0.4, -0.2) is 73.7 Å². The average Bonchev–Trinajstić information content (AvgIpc) is 2.68. The van der Waals surface area contributed by atoms with Gasteiger partial charge in [-0.2, -0.15) is 0 Å². The van der Waals surface area contributed by atoms with Crippen LogP contribution >= 0.6 is 0 Å². The van der Waals surface area contributed by atoms with Crippen LogP contribution in [0.5, 0.6) is 0 Å². The number of hydrogen-bond donors (Lipinski definition) is 2. The third-order valence-electron chi connectivity index (χ3n) is 2.78. The molecule has 0 radical (unpaired) electrons. The van der Waals surface area contributed by atoms with Crippen molar-refractivity contribution < 1.29 is 9.90 Å². The van der Waals surface area contributed by atoms with Crippen molar-refractivity contribution in [1.29, 1.82) is 0 Å². The minimum atomic E-state index is 0.0336. The maximum absolute atomic E-state index is 11.9. The van der Waals surface area contributed by atoms with Crippen molar-refractivity contribution >= 4 is 5.91 Å². The molecule has 0 aliphatic carbocycles. The van der Waals surface area contributed by atoms with E-state index in [0.29, 0.717) is 25.7 Å². The van der Waals surface area contributed by atoms with E-state index in [0.717, 1.165) is 13.0 Å². The third-order valence-corrected chi connectivity index (χ3v) is 2.78. The van der Waals surface area contributed by atoms with Crippen LogP contribution in [0.1, 0.15) is 12.8 Å². The lowest BCUT2D eigenvalue weighted by atomic mass is 10.2. The molecule has 0 bridgehead atoms. The molecular weight excluding hydrogens is 206 g/mol. The Bertz CT molecular complexity index is 215. The molecular formula is C11H23N3O2. The van der Waals surface area contributed by atoms with Crippen LogP contribution in [0.3, 0.4) is 0 Å². The van der Waals surface area contributed by atoms with Crippen LogP contribution in [0.25, 0.3) is 0 Å². The molecule has 5 heteroatoms. The number of amides is 1. The van der Waals surface area contributed by atoms with E-state index in [1.54, 1.807) is 4.90 Å². The summed E-state index contributed by atoms with van der Waals surface area (Å²) in [6.45, 7) is 2.64. The molecule has 1 saturated heterocycles. The highest BCUT2D eigenvalue weighted by atomic mass is 16.3. The Hall–Kier alpha value is -0.650. The molecule has 1 atom stereocenters. The number of carbonyl (C=O) groups excluding carboxylic acids is 1. The summed E-state index contributed by atoms with van der Waals surface area (Å²) in [5.41, 5.74) is 0. The summed E-state index contributed by atoms with van der Waals surface area (Å²) in [5.74, 6) is 0.0905. The molecule has 94 valence electrons. The Morgan fingerprint density at radius 3 is 2.75 bits per heavy atom. The minimum Gasteiger partial charge on any atom is -0.395 e. The Kier molecular flexibility index (Phi) is 5.73. The van der Waals surface area contributed by atoms with Crippen LogP contribution in [0.15, 0.2) is 0 Å². The van der Waals surface area contributed by atoms with Gasteiger partial charge in [0.1, 0.15) is 0 Å². The monoisotopic (exact) mass is 229 g/mol. The van der Waals surface area contributed by atoms with Gasteiger partial charge in [-0.25, -0.2) is 0 Å². The van der Waals surface area contributed by atoms with E-state index in [2.05, 4.69) is 5.32 Å². The van der Waals surface area contributed by atoms with Gasteiger partial charge in [0.2, 0.25) is 5.91 Å². The van der Waals surface area contributed by atoms with Gasteiger partial charge in [0, 0.05) is 19.1 Å². The molecule has 0 spiro atoms. The van der Waals surface area contributed by atoms with E-state index in [4.69, 9.17) is 5.11 Å². The summed E-state index contributed by atoms with van der Waals surface area (Å²) < 4.78 is 0. The predicted molar refractivity (Wildman–Crippen MR) is 63.2 cm³/mol. The minimum absolute atomic E-state index is 0.0336. The summed E-state index contributed by atoms with van der Waals surface area (Å²) in [6.07, 6.45) is 2.30. The second-order valence-corrected chi connectivity index (χ2v) is 4.59. The molecule has 1 amide bonds. The predicted octanol–water partition coefficient (Wildman–Crippen LogP) is -0.879. The fraction of sp³-hybridized carbons (Fsp3) is 0.909. The van der Waals surface area contributed by atoms with Crippen molar-refractivity contribution in [3.05, 3.63) is 0 Å². The van der Waals surface area contributed by atoms with E-state index in [1.165, 1.54) is 6.42 Å². The standard InChI is InChI=1S/C11H23N3O2/c1-13(2)9-11(16)14(6-7-15)8-10-4-3-5-12-10/h10,12,15H,3-9H2,1-2H3. The van der Waals surface area contributed by atoms with E-state index in [-0.39, 0.29) is 12.5 Å². The first kappa shape index (κ1) is 13.4. The zero-order valence-electron chi connectivity index (χ0n) is 10.3. The van der Waals surface area contributed by atoms with Crippen molar-refractivity contribution in [2.45, 2.75) is 18.9 Å². The Balaban J connectivity index is 2.41. The van der Waals surface area contributed by atoms with Gasteiger partial charge in [-0.3, -0.25) is 4.79 Å². The second-order valence-electron chi connectivity index (χ2n) is 4.59. The Morgan fingerprint density at radius 1 is 1.50 bits per heavy atom. The third kappa shape index (κ3) is 4.47. The van der Waals surface area contributed by atoms with Gasteiger partial charge in [0.15, 0.2) is 0 Å². The zero-order valence-corrected chi connectivity index (χ0v) is 10.3. The number of nitrogens with one attached hydrogen (secondary N) is 1. The van der Waals surface area contributed by atoms with Crippen molar-refractivity contribution in [2.75, 3.05) is 46.9 Å². The molecule has 1 heterocycles. The number of aliphatic hydroxyl groups is 1. The van der Waals surface area contributed by atoms with Crippen molar-refractivity contribution in [3.8, 4) is 0 Å². The summed E-state index contributed by atoms with van der Waals surface area (Å²) >= 11 is 0. The van der Waals surface area contributed by atoms with Crippen molar-refractivity contribution in [2.24, 2.45) is 0 Å². The number of carbonyl (C=O) groups is 1. The molecule has 1 unspecified atom stereocenters. The molecule has 0 aromatic heterocycles. The summed E-state index contributed by atoms with van der Waals surface area (Å²) in [4.78, 5) is 15.5. The average molecular weight is 229 g/mol. The van der Waals surface area contributed by atoms with Gasteiger partial charge in [-0.15, -0.1) is 0 Å². The smallest absolute Gasteiger partial charge is 0.236 e. The van der Waals surface area contributed by atoms with E-state index >= 15 is 0 Å². The first-order valence-electron chi connectivity index (χ1n) is 5.90. The lowest BCUT2D eigenvalue weighted by molar-refractivity contribution is -0.132. The number of rotatable bonds is 6. The highest BCUT2D eigenvalue weighted by Gasteiger charge is 2.21. The summed E-state index contributed by atoms with van der Waals surface area (Å²) in [5, 5.41) is 12.3. The molecule has 1 fully saturated rings. The number of nitrogens with zero attached hydrogens (tertiary/aromatic N) is 2. The molecule has 1 aliphatic heterocycles. The second kappa shape index (κ2) is 6.83. The first-order chi connectivity index (χ1) is 7.63. The number of likely N-dealkylation sites (N-methyl/N-ethyl adjacent to an activating group) is 1. The topological polar surface area (TPSA) is 55.8 Å². The number of hydrogen-bond acceptors (Lipinski definition) is 4. The number of aliphatic hydroxyl groups excluding tert-OH is 1. The van der Waals surface area contributed by atoms with Crippen LogP contribution < -0.4 is 5.32 Å². The largest absolute Gasteiger partial charge is 0.395 e. The van der Waals surface area contributed by atoms with Crippen LogP contribution in [0, 0.1) is 0 Å². The van der Waals surface area contributed by atoms with Crippen LogP contribution in [0.4, 0.5) is 0 Å². The van der Waals surface area contributed by atoms with Crippen LogP contribution in [-0.2, 0) is 4.79 Å². The maximum Gasteiger partial charge on any atom is 0.236 e. The zero-order chi connectivity index (χ0) is 12.0. The Morgan fingerprint density at radius 2 is 2.25 bits per heavy atom. The van der Waals surface area contributed by atoms with Gasteiger partial charge in [0.25, 0.3) is 0 Å². The van der Waals surface area contributed by atoms with Gasteiger partial charge >= 0.3 is 0 Å². The van der Waals surface area contributed by atoms with E-state index in [9.17, 15) is 4.79 Å². The quantitative estimate of drug-likeness (QED) is 0.621. The molecule has 5 nitrogen and oxygen atoms in total. The van der Waals surface area contributed by atoms with Gasteiger partial charge in [-0.05, 0) is 33.5 Å². The molecule has 1 aliphatic rings. The van der Waals surface area contributed by atoms with Crippen molar-refractivity contribution in [3.63, 3.8) is 0 Å². The highest BCUT2D eigenvalue weighted by molar-refractivity contribution is 5.78. The van der Waals surface area contributed by atoms with Gasteiger partial charge in [0.05, 0.1) is 13.2 Å². The van der Waals surface area contributed by atoms with E-state index in [1.807, 2.05) is 19.0 Å². The Labute approximate surface area is 97.4 Å². The van der Waals surface area contributed by atoms with Gasteiger partial charge < -0.3 is 20.2 Å². The highest BCUT2D eigenvalue weighted by Crippen LogP contribution is 2.07. The molecule has 1 rings (SSSR count). The molecule has 0 aromatic carbocycles. The summed E-state index contributed by atoms with van der Waals surface area (Å²) in [6, 6.07) is 0.401. The normalized spacial score (nSPS) is 20.4. The van der Waals surface area contributed by atoms with Crippen molar-refractivity contribution in [1.82, 2.24) is 15.1 Å². The SMILES string of the molecule is CN(C)CC(=O)N(CCO)CC1CCCN1. The first-order valence-corrected chi connectivity index (χ1v) is 5.90. The van der Waals surface area contributed by atoms with Gasteiger partial charge in [-0.1, -0.05) is 0 Å². The van der Waals surface area contributed by atoms with Crippen LogP contribution in [0.2, 0.25) is 0 Å². The lowest BCUT2D eigenvalue weighted by Crippen LogP contribution is -2.45. The molecule has 2 N–H and O–H groups in total. The fourth-order valence-electron chi connectivity index (χ4n) is 1.99. The maximum atomic E-state index is 11.9. The molecule has 16 heavy (non-hydrogen) atoms. The fourth-order valence-corrected chi connectivity index (χ4v) is 1.99. The summed E-state index contributed by atoms with van der Waals surface area (Å²) in [7, 11) is 3.76. The molecule has 0 aromatic rings. The molecule has 0 saturated carbocycles. The lowest BCUT2D eigenvalue weighted by Gasteiger charge is -2.26.